The van der Waals surface area contributed by atoms with Crippen molar-refractivity contribution >= 4 is 17.8 Å². The number of benzene rings is 3. The van der Waals surface area contributed by atoms with Crippen molar-refractivity contribution in [1.29, 1.82) is 0 Å². The van der Waals surface area contributed by atoms with Gasteiger partial charge in [-0.2, -0.15) is 13.2 Å². The maximum absolute atomic E-state index is 12.5. The zero-order valence-electron chi connectivity index (χ0n) is 31.7. The van der Waals surface area contributed by atoms with Gasteiger partial charge in [0.2, 0.25) is 5.91 Å². The summed E-state index contributed by atoms with van der Waals surface area (Å²) in [5.41, 5.74) is 11.8. The molecular formula is C41H56F3N5O5. The lowest BCUT2D eigenvalue weighted by atomic mass is 9.98. The number of alkyl halides is 3. The number of hydrogen-bond donors (Lipinski definition) is 3. The molecule has 1 amide bonds. The molecule has 13 heteroatoms. The van der Waals surface area contributed by atoms with Gasteiger partial charge in [-0.15, -0.1) is 0 Å². The lowest BCUT2D eigenvalue weighted by molar-refractivity contribution is -0.192. The Morgan fingerprint density at radius 3 is 2.24 bits per heavy atom. The second-order valence-electron chi connectivity index (χ2n) is 13.2. The molecule has 1 saturated heterocycles. The number of nitrogens with zero attached hydrogens (tertiary/aromatic N) is 3. The van der Waals surface area contributed by atoms with Crippen LogP contribution in [-0.2, 0) is 33.8 Å². The summed E-state index contributed by atoms with van der Waals surface area (Å²) in [5.74, 6) is -1.88. The van der Waals surface area contributed by atoms with Gasteiger partial charge in [-0.25, -0.2) is 4.79 Å². The fourth-order valence-electron chi connectivity index (χ4n) is 6.13. The van der Waals surface area contributed by atoms with Gasteiger partial charge in [0.25, 0.3) is 0 Å². The number of aryl methyl sites for hydroxylation is 1. The third kappa shape index (κ3) is 15.9. The average molecular weight is 756 g/mol. The summed E-state index contributed by atoms with van der Waals surface area (Å²) in [6.45, 7) is 11.5. The second-order valence-corrected chi connectivity index (χ2v) is 13.2. The van der Waals surface area contributed by atoms with Crippen molar-refractivity contribution < 1.29 is 37.3 Å². The number of methoxy groups -OCH3 is 1. The number of aliphatic imine (C=N–C) groups is 1. The zero-order valence-corrected chi connectivity index (χ0v) is 31.7. The Morgan fingerprint density at radius 1 is 0.963 bits per heavy atom. The minimum atomic E-state index is -5.08. The van der Waals surface area contributed by atoms with Crippen molar-refractivity contribution in [3.8, 4) is 16.9 Å². The van der Waals surface area contributed by atoms with Crippen molar-refractivity contribution in [1.82, 2.24) is 15.1 Å². The molecule has 10 nitrogen and oxygen atoms in total. The van der Waals surface area contributed by atoms with Gasteiger partial charge >= 0.3 is 12.1 Å². The number of hydrogen-bond acceptors (Lipinski definition) is 7. The molecule has 0 aromatic heterocycles. The highest BCUT2D eigenvalue weighted by atomic mass is 19.4. The molecule has 0 atom stereocenters. The molecule has 1 heterocycles. The van der Waals surface area contributed by atoms with Crippen LogP contribution >= 0.6 is 0 Å². The molecule has 0 saturated carbocycles. The molecule has 0 spiro atoms. The molecule has 0 aliphatic carbocycles. The number of unbranched alkanes of at least 4 members (excludes halogenated alkanes) is 1. The molecule has 0 bridgehead atoms. The minimum absolute atomic E-state index is 0.135. The van der Waals surface area contributed by atoms with Gasteiger partial charge in [-0.3, -0.25) is 24.9 Å². The van der Waals surface area contributed by atoms with E-state index in [0.717, 1.165) is 74.4 Å². The van der Waals surface area contributed by atoms with E-state index in [1.54, 1.807) is 7.11 Å². The number of halogens is 3. The highest BCUT2D eigenvalue weighted by molar-refractivity contribution is 5.96. The van der Waals surface area contributed by atoms with Gasteiger partial charge in [0.05, 0.1) is 6.61 Å². The number of nitrogens with two attached hydrogens (primary N) is 1. The number of carboxylic acid groups (broad SMARTS) is 1. The first kappa shape index (κ1) is 43.9. The molecular weight excluding hydrogens is 699 g/mol. The number of piperidine rings is 1. The summed E-state index contributed by atoms with van der Waals surface area (Å²) in [6.07, 6.45) is 1.02. The van der Waals surface area contributed by atoms with Gasteiger partial charge in [0, 0.05) is 57.8 Å². The van der Waals surface area contributed by atoms with Crippen LogP contribution in [-0.4, -0.2) is 91.5 Å². The minimum Gasteiger partial charge on any atom is -0.493 e. The normalized spacial score (nSPS) is 14.0. The van der Waals surface area contributed by atoms with Crippen LogP contribution in [0.15, 0.2) is 77.8 Å². The molecule has 3 aromatic carbocycles. The van der Waals surface area contributed by atoms with Crippen LogP contribution in [0.25, 0.3) is 11.1 Å². The quantitative estimate of drug-likeness (QED) is 0.0716. The Bertz CT molecular complexity index is 1580. The van der Waals surface area contributed by atoms with Gasteiger partial charge in [-0.05, 0) is 73.6 Å². The molecule has 1 aliphatic heterocycles. The van der Waals surface area contributed by atoms with Crippen LogP contribution < -0.4 is 15.8 Å². The Kier molecular flexibility index (Phi) is 19.0. The maximum atomic E-state index is 12.5. The van der Waals surface area contributed by atoms with Crippen molar-refractivity contribution in [2.45, 2.75) is 84.1 Å². The van der Waals surface area contributed by atoms with E-state index in [-0.39, 0.29) is 11.9 Å². The Morgan fingerprint density at radius 2 is 1.63 bits per heavy atom. The van der Waals surface area contributed by atoms with Crippen LogP contribution in [0.3, 0.4) is 0 Å². The van der Waals surface area contributed by atoms with Crippen molar-refractivity contribution in [3.05, 3.63) is 89.5 Å². The maximum Gasteiger partial charge on any atom is 0.490 e. The van der Waals surface area contributed by atoms with E-state index in [0.29, 0.717) is 38.6 Å². The van der Waals surface area contributed by atoms with E-state index in [2.05, 4.69) is 107 Å². The predicted octanol–water partition coefficient (Wildman–Crippen LogP) is 7.05. The SMILES string of the molecule is CCCCN=C(N)NC(=O)CCc1ccc(-c2ccc(CN3CCC(N(CC)Cc4ccccc4)CC3)cc2)c(OCCCOC)c1.O=C(O)C(F)(F)F. The lowest BCUT2D eigenvalue weighted by Gasteiger charge is -2.38. The molecule has 4 rings (SSSR count). The monoisotopic (exact) mass is 755 g/mol. The molecule has 0 unspecified atom stereocenters. The zero-order chi connectivity index (χ0) is 39.3. The fourth-order valence-corrected chi connectivity index (χ4v) is 6.13. The first-order chi connectivity index (χ1) is 25.9. The highest BCUT2D eigenvalue weighted by Gasteiger charge is 2.38. The third-order valence-corrected chi connectivity index (χ3v) is 9.12. The number of rotatable bonds is 18. The summed E-state index contributed by atoms with van der Waals surface area (Å²) < 4.78 is 43.2. The van der Waals surface area contributed by atoms with Gasteiger partial charge in [-0.1, -0.05) is 87.0 Å². The molecule has 1 aliphatic rings. The number of ether oxygens (including phenoxy) is 2. The Hall–Kier alpha value is -4.46. The van der Waals surface area contributed by atoms with E-state index in [1.165, 1.54) is 24.0 Å². The van der Waals surface area contributed by atoms with E-state index in [9.17, 15) is 18.0 Å². The largest absolute Gasteiger partial charge is 0.493 e. The van der Waals surface area contributed by atoms with Crippen LogP contribution in [0.2, 0.25) is 0 Å². The van der Waals surface area contributed by atoms with Crippen molar-refractivity contribution in [3.63, 3.8) is 0 Å². The average Bonchev–Trinajstić information content (AvgIpc) is 3.16. The topological polar surface area (TPSA) is 130 Å². The van der Waals surface area contributed by atoms with Crippen molar-refractivity contribution in [2.75, 3.05) is 46.5 Å². The van der Waals surface area contributed by atoms with Gasteiger partial charge in [0.15, 0.2) is 5.96 Å². The number of carbonyl (C=O) groups is 2. The van der Waals surface area contributed by atoms with E-state index >= 15 is 0 Å². The number of aliphatic carboxylic acids is 1. The van der Waals surface area contributed by atoms with E-state index in [1.807, 2.05) is 0 Å². The standard InChI is InChI=1S/C39H55N5O3.C2HF3O2/c1-4-6-23-41-39(40)42-38(45)20-16-31-15-19-36(37(28-31)47-27-10-26-46-3)34-17-13-33(14-18-34)29-43-24-21-35(22-25-43)44(5-2)30-32-11-8-7-9-12-32;3-2(4,5)1(6)7/h7-9,11-15,17-19,28,35H,4-6,10,16,20-27,29-30H2,1-3H3,(H3,40,41,42,45);(H,6,7). The summed E-state index contributed by atoms with van der Waals surface area (Å²) in [5, 5.41) is 9.83. The van der Waals surface area contributed by atoms with Crippen LogP contribution in [0.5, 0.6) is 5.75 Å². The first-order valence-electron chi connectivity index (χ1n) is 18.7. The summed E-state index contributed by atoms with van der Waals surface area (Å²) in [7, 11) is 1.70. The Balaban J connectivity index is 0.00000102. The van der Waals surface area contributed by atoms with E-state index < -0.39 is 12.1 Å². The number of carboxylic acids is 1. The van der Waals surface area contributed by atoms with Crippen LogP contribution in [0, 0.1) is 0 Å². The van der Waals surface area contributed by atoms with Crippen LogP contribution in [0.1, 0.15) is 69.1 Å². The predicted molar refractivity (Wildman–Crippen MR) is 206 cm³/mol. The molecule has 296 valence electrons. The number of carbonyl (C=O) groups excluding carboxylic acids is 1. The summed E-state index contributed by atoms with van der Waals surface area (Å²) in [4.78, 5) is 30.8. The molecule has 4 N–H and O–H groups in total. The Labute approximate surface area is 317 Å². The summed E-state index contributed by atoms with van der Waals surface area (Å²) in [6, 6.07) is 26.6. The number of likely N-dealkylation sites (tertiary alicyclic amines) is 1. The number of guanidine groups is 1. The lowest BCUT2D eigenvalue weighted by Crippen LogP contribution is -2.44. The first-order valence-corrected chi connectivity index (χ1v) is 18.7. The fraction of sp³-hybridized carbons (Fsp3) is 0.488. The molecule has 3 aromatic rings. The molecule has 1 fully saturated rings. The van der Waals surface area contributed by atoms with Crippen LogP contribution in [0.4, 0.5) is 13.2 Å². The van der Waals surface area contributed by atoms with E-state index in [4.69, 9.17) is 25.1 Å². The highest BCUT2D eigenvalue weighted by Crippen LogP contribution is 2.32. The van der Waals surface area contributed by atoms with Gasteiger partial charge in [0.1, 0.15) is 5.75 Å². The second kappa shape index (κ2) is 23.4. The third-order valence-electron chi connectivity index (χ3n) is 9.12. The van der Waals surface area contributed by atoms with Crippen molar-refractivity contribution in [2.24, 2.45) is 10.7 Å². The molecule has 54 heavy (non-hydrogen) atoms. The molecule has 0 radical (unpaired) electrons. The summed E-state index contributed by atoms with van der Waals surface area (Å²) >= 11 is 0. The van der Waals surface area contributed by atoms with Gasteiger partial charge < -0.3 is 20.3 Å². The smallest absolute Gasteiger partial charge is 0.490 e. The number of nitrogens with one attached hydrogen (secondary N) is 1. The number of amides is 1.